The van der Waals surface area contributed by atoms with Gasteiger partial charge in [0, 0.05) is 43.5 Å². The molecule has 4 nitrogen and oxygen atoms in total. The van der Waals surface area contributed by atoms with Gasteiger partial charge in [-0.15, -0.1) is 0 Å². The Labute approximate surface area is 133 Å². The third kappa shape index (κ3) is 3.21. The zero-order valence-electron chi connectivity index (χ0n) is 13.6. The quantitative estimate of drug-likeness (QED) is 0.855. The van der Waals surface area contributed by atoms with Gasteiger partial charge in [0.05, 0.1) is 0 Å². The van der Waals surface area contributed by atoms with Crippen molar-refractivity contribution in [1.29, 1.82) is 0 Å². The summed E-state index contributed by atoms with van der Waals surface area (Å²) in [5.74, 6) is 0.687. The van der Waals surface area contributed by atoms with Crippen LogP contribution in [0.3, 0.4) is 0 Å². The van der Waals surface area contributed by atoms with Crippen molar-refractivity contribution in [2.24, 2.45) is 5.92 Å². The maximum atomic E-state index is 12.6. The highest BCUT2D eigenvalue weighted by atomic mass is 16.2. The lowest BCUT2D eigenvalue weighted by molar-refractivity contribution is -0.136. The smallest absolute Gasteiger partial charge is 0.225 e. The van der Waals surface area contributed by atoms with Crippen LogP contribution >= 0.6 is 0 Å². The van der Waals surface area contributed by atoms with Crippen molar-refractivity contribution in [2.45, 2.75) is 39.0 Å². The summed E-state index contributed by atoms with van der Waals surface area (Å²) in [6.45, 7) is 5.63. The average molecular weight is 301 g/mol. The monoisotopic (exact) mass is 301 g/mol. The normalized spacial score (nSPS) is 20.2. The molecule has 2 N–H and O–H groups in total. The molecule has 0 aromatic heterocycles. The van der Waals surface area contributed by atoms with Crippen LogP contribution in [-0.2, 0) is 4.79 Å². The van der Waals surface area contributed by atoms with Gasteiger partial charge in [0.2, 0.25) is 5.91 Å². The van der Waals surface area contributed by atoms with E-state index in [0.717, 1.165) is 44.7 Å². The summed E-state index contributed by atoms with van der Waals surface area (Å²) < 4.78 is 0. The number of nitrogens with two attached hydrogens (primary N) is 1. The Morgan fingerprint density at radius 1 is 1.09 bits per heavy atom. The Hall–Kier alpha value is -1.71. The first-order valence-electron chi connectivity index (χ1n) is 8.55. The second-order valence-electron chi connectivity index (χ2n) is 6.69. The van der Waals surface area contributed by atoms with Crippen molar-refractivity contribution < 1.29 is 4.79 Å². The summed E-state index contributed by atoms with van der Waals surface area (Å²) in [4.78, 5) is 17.1. The highest BCUT2D eigenvalue weighted by molar-refractivity contribution is 5.79. The minimum absolute atomic E-state index is 0.290. The van der Waals surface area contributed by atoms with E-state index in [1.165, 1.54) is 30.5 Å². The predicted octanol–water partition coefficient (Wildman–Crippen LogP) is 2.81. The van der Waals surface area contributed by atoms with Crippen molar-refractivity contribution in [2.75, 3.05) is 36.8 Å². The van der Waals surface area contributed by atoms with Gasteiger partial charge in [0.25, 0.3) is 0 Å². The number of carbonyl (C=O) groups excluding carboxylic acids is 1. The van der Waals surface area contributed by atoms with Crippen LogP contribution < -0.4 is 10.6 Å². The van der Waals surface area contributed by atoms with E-state index in [9.17, 15) is 4.79 Å². The standard InChI is InChI=1S/C18H27N3O/c1-14-13-16(19)7-8-17(14)20-9-11-21(12-10-20)18(22)15-5-3-2-4-6-15/h7-8,13,15H,2-6,9-12,19H2,1H3. The minimum Gasteiger partial charge on any atom is -0.399 e. The van der Waals surface area contributed by atoms with Crippen LogP contribution in [0.4, 0.5) is 11.4 Å². The lowest BCUT2D eigenvalue weighted by atomic mass is 9.88. The molecule has 22 heavy (non-hydrogen) atoms. The molecule has 1 saturated carbocycles. The second kappa shape index (κ2) is 6.59. The molecule has 0 spiro atoms. The lowest BCUT2D eigenvalue weighted by Crippen LogP contribution is -2.50. The average Bonchev–Trinajstić information content (AvgIpc) is 2.55. The summed E-state index contributed by atoms with van der Waals surface area (Å²) in [7, 11) is 0. The number of anilines is 2. The molecule has 1 aliphatic carbocycles. The molecular formula is C18H27N3O. The third-order valence-corrected chi connectivity index (χ3v) is 5.11. The van der Waals surface area contributed by atoms with E-state index in [-0.39, 0.29) is 0 Å². The fourth-order valence-electron chi connectivity index (χ4n) is 3.81. The van der Waals surface area contributed by atoms with Crippen molar-refractivity contribution in [3.63, 3.8) is 0 Å². The molecule has 1 aliphatic heterocycles. The number of nitrogen functional groups attached to an aromatic ring is 1. The number of aryl methyl sites for hydroxylation is 1. The Balaban J connectivity index is 1.59. The van der Waals surface area contributed by atoms with Gasteiger partial charge in [-0.1, -0.05) is 19.3 Å². The molecular weight excluding hydrogens is 274 g/mol. The molecule has 2 fully saturated rings. The Bertz CT molecular complexity index is 529. The first kappa shape index (κ1) is 15.2. The summed E-state index contributed by atoms with van der Waals surface area (Å²) in [6.07, 6.45) is 5.93. The van der Waals surface area contributed by atoms with E-state index in [2.05, 4.69) is 22.8 Å². The topological polar surface area (TPSA) is 49.6 Å². The summed E-state index contributed by atoms with van der Waals surface area (Å²) in [5.41, 5.74) is 9.11. The zero-order chi connectivity index (χ0) is 15.5. The molecule has 120 valence electrons. The molecule has 0 unspecified atom stereocenters. The molecule has 1 aromatic carbocycles. The van der Waals surface area contributed by atoms with E-state index in [1.54, 1.807) is 0 Å². The number of rotatable bonds is 2. The fraction of sp³-hybridized carbons (Fsp3) is 0.611. The SMILES string of the molecule is Cc1cc(N)ccc1N1CCN(C(=O)C2CCCCC2)CC1. The fourth-order valence-corrected chi connectivity index (χ4v) is 3.81. The van der Waals surface area contributed by atoms with Gasteiger partial charge in [0.15, 0.2) is 0 Å². The highest BCUT2D eigenvalue weighted by Crippen LogP contribution is 2.27. The number of hydrogen-bond donors (Lipinski definition) is 1. The molecule has 3 rings (SSSR count). The van der Waals surface area contributed by atoms with Gasteiger partial charge in [0.1, 0.15) is 0 Å². The summed E-state index contributed by atoms with van der Waals surface area (Å²) in [6, 6.07) is 6.08. The predicted molar refractivity (Wildman–Crippen MR) is 91.0 cm³/mol. The number of amides is 1. The van der Waals surface area contributed by atoms with Gasteiger partial charge < -0.3 is 15.5 Å². The van der Waals surface area contributed by atoms with Gasteiger partial charge >= 0.3 is 0 Å². The maximum Gasteiger partial charge on any atom is 0.225 e. The Morgan fingerprint density at radius 3 is 2.41 bits per heavy atom. The first-order chi connectivity index (χ1) is 10.6. The van der Waals surface area contributed by atoms with E-state index in [4.69, 9.17) is 5.73 Å². The van der Waals surface area contributed by atoms with Crippen molar-refractivity contribution in [3.05, 3.63) is 23.8 Å². The summed E-state index contributed by atoms with van der Waals surface area (Å²) in [5, 5.41) is 0. The van der Waals surface area contributed by atoms with Crippen LogP contribution in [0.25, 0.3) is 0 Å². The molecule has 1 heterocycles. The second-order valence-corrected chi connectivity index (χ2v) is 6.69. The van der Waals surface area contributed by atoms with Crippen molar-refractivity contribution in [3.8, 4) is 0 Å². The molecule has 1 amide bonds. The third-order valence-electron chi connectivity index (χ3n) is 5.11. The van der Waals surface area contributed by atoms with E-state index >= 15 is 0 Å². The number of nitrogens with zero attached hydrogens (tertiary/aromatic N) is 2. The van der Waals surface area contributed by atoms with Crippen molar-refractivity contribution in [1.82, 2.24) is 4.90 Å². The number of piperazine rings is 1. The van der Waals surface area contributed by atoms with E-state index in [1.807, 2.05) is 12.1 Å². The molecule has 0 atom stereocenters. The number of carbonyl (C=O) groups is 1. The molecule has 1 saturated heterocycles. The van der Waals surface area contributed by atoms with Crippen LogP contribution in [0.5, 0.6) is 0 Å². The highest BCUT2D eigenvalue weighted by Gasteiger charge is 2.28. The largest absolute Gasteiger partial charge is 0.399 e. The van der Waals surface area contributed by atoms with Crippen molar-refractivity contribution >= 4 is 17.3 Å². The summed E-state index contributed by atoms with van der Waals surface area (Å²) >= 11 is 0. The molecule has 1 aromatic rings. The van der Waals surface area contributed by atoms with Crippen LogP contribution in [0.1, 0.15) is 37.7 Å². The van der Waals surface area contributed by atoms with Crippen LogP contribution in [0.2, 0.25) is 0 Å². The van der Waals surface area contributed by atoms with Gasteiger partial charge in [-0.25, -0.2) is 0 Å². The van der Waals surface area contributed by atoms with Crippen LogP contribution in [0.15, 0.2) is 18.2 Å². The first-order valence-corrected chi connectivity index (χ1v) is 8.55. The van der Waals surface area contributed by atoms with Crippen LogP contribution in [0, 0.1) is 12.8 Å². The Kier molecular flexibility index (Phi) is 4.55. The minimum atomic E-state index is 0.290. The van der Waals surface area contributed by atoms with E-state index in [0.29, 0.717) is 11.8 Å². The number of benzene rings is 1. The Morgan fingerprint density at radius 2 is 1.77 bits per heavy atom. The zero-order valence-corrected chi connectivity index (χ0v) is 13.6. The van der Waals surface area contributed by atoms with Gasteiger partial charge in [-0.3, -0.25) is 4.79 Å². The molecule has 2 aliphatic rings. The maximum absolute atomic E-state index is 12.6. The van der Waals surface area contributed by atoms with Gasteiger partial charge in [-0.05, 0) is 43.5 Å². The van der Waals surface area contributed by atoms with Gasteiger partial charge in [-0.2, -0.15) is 0 Å². The lowest BCUT2D eigenvalue weighted by Gasteiger charge is -2.38. The van der Waals surface area contributed by atoms with Crippen LogP contribution in [-0.4, -0.2) is 37.0 Å². The molecule has 0 radical (unpaired) electrons. The molecule has 4 heteroatoms. The van der Waals surface area contributed by atoms with E-state index < -0.39 is 0 Å². The number of hydrogen-bond acceptors (Lipinski definition) is 3. The molecule has 0 bridgehead atoms.